The highest BCUT2D eigenvalue weighted by atomic mass is 16.5. The topological polar surface area (TPSA) is 72.2 Å². The van der Waals surface area contributed by atoms with E-state index < -0.39 is 0 Å². The number of ether oxygens (including phenoxy) is 1. The zero-order valence-electron chi connectivity index (χ0n) is 9.98. The second-order valence-electron chi connectivity index (χ2n) is 4.35. The van der Waals surface area contributed by atoms with Crippen LogP contribution in [-0.2, 0) is 4.74 Å². The SMILES string of the molecule is NNc1cccc(NCCCOCC2CC2)n1. The minimum absolute atomic E-state index is 0.667. The zero-order valence-corrected chi connectivity index (χ0v) is 9.98. The Hall–Kier alpha value is -1.33. The van der Waals surface area contributed by atoms with Gasteiger partial charge in [-0.2, -0.15) is 0 Å². The third-order valence-electron chi connectivity index (χ3n) is 2.72. The summed E-state index contributed by atoms with van der Waals surface area (Å²) in [6, 6.07) is 5.66. The number of aromatic nitrogens is 1. The number of hydrogen-bond acceptors (Lipinski definition) is 5. The lowest BCUT2D eigenvalue weighted by Crippen LogP contribution is -2.11. The van der Waals surface area contributed by atoms with Gasteiger partial charge < -0.3 is 15.5 Å². The van der Waals surface area contributed by atoms with Crippen molar-refractivity contribution in [2.75, 3.05) is 30.5 Å². The van der Waals surface area contributed by atoms with Crippen molar-refractivity contribution in [1.29, 1.82) is 0 Å². The van der Waals surface area contributed by atoms with Crippen molar-refractivity contribution in [3.63, 3.8) is 0 Å². The van der Waals surface area contributed by atoms with Crippen LogP contribution in [0.4, 0.5) is 11.6 Å². The van der Waals surface area contributed by atoms with E-state index in [1.165, 1.54) is 12.8 Å². The molecule has 5 nitrogen and oxygen atoms in total. The molecule has 0 aromatic carbocycles. The Morgan fingerprint density at radius 2 is 2.18 bits per heavy atom. The molecule has 0 saturated heterocycles. The first kappa shape index (κ1) is 12.1. The molecule has 0 radical (unpaired) electrons. The Morgan fingerprint density at radius 1 is 1.35 bits per heavy atom. The first-order valence-corrected chi connectivity index (χ1v) is 6.14. The number of nitrogens with zero attached hydrogens (tertiary/aromatic N) is 1. The van der Waals surface area contributed by atoms with E-state index in [1.54, 1.807) is 0 Å². The molecule has 0 bridgehead atoms. The van der Waals surface area contributed by atoms with Gasteiger partial charge in [-0.05, 0) is 37.3 Å². The zero-order chi connectivity index (χ0) is 11.9. The molecule has 4 N–H and O–H groups in total. The van der Waals surface area contributed by atoms with Crippen LogP contribution < -0.4 is 16.6 Å². The molecule has 1 aliphatic carbocycles. The predicted molar refractivity (Wildman–Crippen MR) is 68.7 cm³/mol. The van der Waals surface area contributed by atoms with Crippen molar-refractivity contribution in [3.8, 4) is 0 Å². The van der Waals surface area contributed by atoms with E-state index >= 15 is 0 Å². The van der Waals surface area contributed by atoms with Crippen LogP contribution >= 0.6 is 0 Å². The van der Waals surface area contributed by atoms with Crippen LogP contribution in [0.15, 0.2) is 18.2 Å². The first-order chi connectivity index (χ1) is 8.38. The lowest BCUT2D eigenvalue weighted by molar-refractivity contribution is 0.124. The molecule has 1 saturated carbocycles. The van der Waals surface area contributed by atoms with Gasteiger partial charge in [-0.3, -0.25) is 0 Å². The molecular formula is C12H20N4O. The maximum atomic E-state index is 5.55. The molecule has 1 heterocycles. The summed E-state index contributed by atoms with van der Waals surface area (Å²) in [5.41, 5.74) is 2.52. The number of anilines is 2. The van der Waals surface area contributed by atoms with Crippen LogP contribution in [0.5, 0.6) is 0 Å². The molecule has 17 heavy (non-hydrogen) atoms. The Morgan fingerprint density at radius 3 is 2.94 bits per heavy atom. The second-order valence-corrected chi connectivity index (χ2v) is 4.35. The molecule has 0 spiro atoms. The van der Waals surface area contributed by atoms with Crippen LogP contribution in [0.3, 0.4) is 0 Å². The van der Waals surface area contributed by atoms with Gasteiger partial charge in [0.15, 0.2) is 0 Å². The summed E-state index contributed by atoms with van der Waals surface area (Å²) in [4.78, 5) is 4.26. The smallest absolute Gasteiger partial charge is 0.142 e. The molecule has 2 rings (SSSR count). The van der Waals surface area contributed by atoms with Gasteiger partial charge in [-0.25, -0.2) is 10.8 Å². The van der Waals surface area contributed by atoms with Gasteiger partial charge in [0.2, 0.25) is 0 Å². The van der Waals surface area contributed by atoms with Gasteiger partial charge in [0, 0.05) is 19.8 Å². The highest BCUT2D eigenvalue weighted by molar-refractivity contribution is 5.44. The Bertz CT molecular complexity index is 341. The number of hydrogen-bond donors (Lipinski definition) is 3. The Balaban J connectivity index is 1.56. The number of nitrogens with one attached hydrogen (secondary N) is 2. The van der Waals surface area contributed by atoms with Crippen molar-refractivity contribution in [1.82, 2.24) is 4.98 Å². The summed E-state index contributed by atoms with van der Waals surface area (Å²) in [7, 11) is 0. The molecular weight excluding hydrogens is 216 g/mol. The highest BCUT2D eigenvalue weighted by Crippen LogP contribution is 2.28. The molecule has 94 valence electrons. The maximum absolute atomic E-state index is 5.55. The molecule has 5 heteroatoms. The number of pyridine rings is 1. The van der Waals surface area contributed by atoms with Gasteiger partial charge in [0.1, 0.15) is 11.6 Å². The number of nitrogens with two attached hydrogens (primary N) is 1. The van der Waals surface area contributed by atoms with E-state index in [1.807, 2.05) is 18.2 Å². The monoisotopic (exact) mass is 236 g/mol. The van der Waals surface area contributed by atoms with E-state index in [9.17, 15) is 0 Å². The predicted octanol–water partition coefficient (Wildman–Crippen LogP) is 1.60. The fourth-order valence-corrected chi connectivity index (χ4v) is 1.54. The van der Waals surface area contributed by atoms with Gasteiger partial charge in [0.05, 0.1) is 0 Å². The average Bonchev–Trinajstić information content (AvgIpc) is 3.18. The summed E-state index contributed by atoms with van der Waals surface area (Å²) >= 11 is 0. The van der Waals surface area contributed by atoms with Gasteiger partial charge in [-0.15, -0.1) is 0 Å². The van der Waals surface area contributed by atoms with Crippen LogP contribution in [0, 0.1) is 5.92 Å². The molecule has 1 aromatic rings. The van der Waals surface area contributed by atoms with Crippen LogP contribution in [0.2, 0.25) is 0 Å². The van der Waals surface area contributed by atoms with E-state index in [4.69, 9.17) is 10.6 Å². The summed E-state index contributed by atoms with van der Waals surface area (Å²) in [6.45, 7) is 2.62. The number of rotatable bonds is 8. The van der Waals surface area contributed by atoms with Crippen LogP contribution in [-0.4, -0.2) is 24.7 Å². The van der Waals surface area contributed by atoms with Crippen molar-refractivity contribution >= 4 is 11.6 Å². The summed E-state index contributed by atoms with van der Waals surface area (Å²) in [6.07, 6.45) is 3.69. The van der Waals surface area contributed by atoms with Crippen molar-refractivity contribution in [2.24, 2.45) is 11.8 Å². The standard InChI is InChI=1S/C12H20N4O/c13-16-12-4-1-3-11(15-12)14-7-2-8-17-9-10-5-6-10/h1,3-4,10H,2,5-9,13H2,(H2,14,15,16). The normalized spacial score (nSPS) is 14.6. The van der Waals surface area contributed by atoms with Crippen molar-refractivity contribution < 1.29 is 4.74 Å². The Labute approximate surface area is 102 Å². The number of nitrogen functional groups attached to an aromatic ring is 1. The van der Waals surface area contributed by atoms with Crippen LogP contribution in [0.1, 0.15) is 19.3 Å². The maximum Gasteiger partial charge on any atom is 0.142 e. The summed E-state index contributed by atoms with van der Waals surface area (Å²) in [5, 5.41) is 3.24. The fourth-order valence-electron chi connectivity index (χ4n) is 1.54. The molecule has 0 unspecified atom stereocenters. The average molecular weight is 236 g/mol. The fraction of sp³-hybridized carbons (Fsp3) is 0.583. The van der Waals surface area contributed by atoms with E-state index in [-0.39, 0.29) is 0 Å². The van der Waals surface area contributed by atoms with Gasteiger partial charge in [0.25, 0.3) is 0 Å². The largest absolute Gasteiger partial charge is 0.381 e. The molecule has 0 aliphatic heterocycles. The lowest BCUT2D eigenvalue weighted by atomic mass is 10.4. The van der Waals surface area contributed by atoms with Gasteiger partial charge in [-0.1, -0.05) is 6.07 Å². The van der Waals surface area contributed by atoms with E-state index in [0.29, 0.717) is 5.82 Å². The Kier molecular flexibility index (Phi) is 4.58. The molecule has 1 aliphatic rings. The lowest BCUT2D eigenvalue weighted by Gasteiger charge is -2.07. The quantitative estimate of drug-likeness (QED) is 0.363. The van der Waals surface area contributed by atoms with Gasteiger partial charge >= 0.3 is 0 Å². The second kappa shape index (κ2) is 6.42. The number of hydrazine groups is 1. The molecule has 0 atom stereocenters. The minimum Gasteiger partial charge on any atom is -0.381 e. The van der Waals surface area contributed by atoms with Crippen molar-refractivity contribution in [3.05, 3.63) is 18.2 Å². The minimum atomic E-state index is 0.667. The highest BCUT2D eigenvalue weighted by Gasteiger charge is 2.20. The molecule has 1 fully saturated rings. The molecule has 1 aromatic heterocycles. The summed E-state index contributed by atoms with van der Waals surface area (Å²) < 4.78 is 5.55. The van der Waals surface area contributed by atoms with Crippen molar-refractivity contribution in [2.45, 2.75) is 19.3 Å². The third-order valence-corrected chi connectivity index (χ3v) is 2.72. The third kappa shape index (κ3) is 4.58. The molecule has 0 amide bonds. The van der Waals surface area contributed by atoms with E-state index in [2.05, 4.69) is 15.7 Å². The van der Waals surface area contributed by atoms with Crippen LogP contribution in [0.25, 0.3) is 0 Å². The van der Waals surface area contributed by atoms with E-state index in [0.717, 1.165) is 37.9 Å². The summed E-state index contributed by atoms with van der Waals surface area (Å²) in [5.74, 6) is 7.63. The first-order valence-electron chi connectivity index (χ1n) is 6.14.